The second-order valence-electron chi connectivity index (χ2n) is 3.03. The maximum Gasteiger partial charge on any atom is 0.382 e. The van der Waals surface area contributed by atoms with Gasteiger partial charge in [-0.15, -0.1) is 0 Å². The van der Waals surface area contributed by atoms with E-state index in [1.54, 1.807) is 0 Å². The molecule has 14 heavy (non-hydrogen) atoms. The lowest BCUT2D eigenvalue weighted by molar-refractivity contribution is -0.130. The van der Waals surface area contributed by atoms with E-state index in [9.17, 15) is 4.79 Å². The predicted molar refractivity (Wildman–Crippen MR) is 53.5 cm³/mol. The minimum absolute atomic E-state index is 0.822. The number of allylic oxidation sites excluding steroid dienone is 2. The zero-order valence-corrected chi connectivity index (χ0v) is 7.45. The van der Waals surface area contributed by atoms with Crippen LogP contribution in [0.2, 0.25) is 0 Å². The lowest BCUT2D eigenvalue weighted by atomic mass is 10.1. The van der Waals surface area contributed by atoms with Gasteiger partial charge >= 0.3 is 5.97 Å². The summed E-state index contributed by atoms with van der Waals surface area (Å²) < 4.78 is 0. The minimum atomic E-state index is -1.09. The van der Waals surface area contributed by atoms with Crippen LogP contribution in [0.25, 0.3) is 5.57 Å². The Labute approximate surface area is 81.9 Å². The Morgan fingerprint density at radius 1 is 1.36 bits per heavy atom. The highest BCUT2D eigenvalue weighted by Crippen LogP contribution is 2.25. The molecule has 1 aliphatic rings. The van der Waals surface area contributed by atoms with Crippen molar-refractivity contribution in [2.75, 3.05) is 0 Å². The average Bonchev–Trinajstić information content (AvgIpc) is 2.58. The van der Waals surface area contributed by atoms with E-state index in [0.717, 1.165) is 17.6 Å². The summed E-state index contributed by atoms with van der Waals surface area (Å²) in [5.74, 6) is 3.69. The molecule has 0 spiro atoms. The van der Waals surface area contributed by atoms with E-state index in [0.29, 0.717) is 0 Å². The van der Waals surface area contributed by atoms with Crippen molar-refractivity contribution in [2.45, 2.75) is 6.42 Å². The fourth-order valence-corrected chi connectivity index (χ4v) is 1.52. The molecule has 0 radical (unpaired) electrons. The van der Waals surface area contributed by atoms with Gasteiger partial charge in [0, 0.05) is 11.5 Å². The standard InChI is InChI=1S/C12H8O2/c13-12(14)8-7-10-6-5-9-3-1-2-4-11(9)10/h1-4,6H,5H2,(H,13,14). The maximum atomic E-state index is 10.3. The molecule has 1 N–H and O–H groups in total. The van der Waals surface area contributed by atoms with Gasteiger partial charge in [-0.05, 0) is 17.5 Å². The third-order valence-corrected chi connectivity index (χ3v) is 2.14. The summed E-state index contributed by atoms with van der Waals surface area (Å²) in [7, 11) is 0. The van der Waals surface area contributed by atoms with Crippen LogP contribution in [0, 0.1) is 11.8 Å². The van der Waals surface area contributed by atoms with Crippen LogP contribution in [-0.4, -0.2) is 11.1 Å². The maximum absolute atomic E-state index is 10.3. The highest BCUT2D eigenvalue weighted by Gasteiger charge is 2.10. The number of hydrogen-bond acceptors (Lipinski definition) is 1. The first-order chi connectivity index (χ1) is 6.77. The van der Waals surface area contributed by atoms with E-state index in [1.807, 2.05) is 30.3 Å². The molecule has 0 saturated carbocycles. The van der Waals surface area contributed by atoms with Crippen molar-refractivity contribution in [1.29, 1.82) is 0 Å². The zero-order valence-electron chi connectivity index (χ0n) is 7.45. The van der Waals surface area contributed by atoms with Gasteiger partial charge in [0.25, 0.3) is 0 Å². The molecule has 1 aliphatic carbocycles. The number of hydrogen-bond donors (Lipinski definition) is 1. The summed E-state index contributed by atoms with van der Waals surface area (Å²) in [5.41, 5.74) is 3.09. The van der Waals surface area contributed by atoms with Crippen molar-refractivity contribution in [2.24, 2.45) is 0 Å². The van der Waals surface area contributed by atoms with Gasteiger partial charge in [0.05, 0.1) is 0 Å². The van der Waals surface area contributed by atoms with Crippen LogP contribution >= 0.6 is 0 Å². The zero-order chi connectivity index (χ0) is 9.97. The number of aliphatic carboxylic acids is 1. The molecule has 1 aromatic rings. The number of carboxylic acid groups (broad SMARTS) is 1. The second-order valence-corrected chi connectivity index (χ2v) is 3.03. The molecule has 0 unspecified atom stereocenters. The molecule has 0 aromatic heterocycles. The van der Waals surface area contributed by atoms with Gasteiger partial charge < -0.3 is 5.11 Å². The molecule has 1 aromatic carbocycles. The van der Waals surface area contributed by atoms with Crippen LogP contribution in [-0.2, 0) is 11.2 Å². The Morgan fingerprint density at radius 2 is 2.14 bits per heavy atom. The van der Waals surface area contributed by atoms with E-state index in [1.165, 1.54) is 5.56 Å². The van der Waals surface area contributed by atoms with Crippen molar-refractivity contribution >= 4 is 11.5 Å². The molecule has 0 bridgehead atoms. The van der Waals surface area contributed by atoms with Crippen molar-refractivity contribution in [3.05, 3.63) is 41.5 Å². The third kappa shape index (κ3) is 1.53. The normalized spacial score (nSPS) is 12.4. The van der Waals surface area contributed by atoms with Crippen molar-refractivity contribution < 1.29 is 9.90 Å². The lowest BCUT2D eigenvalue weighted by Gasteiger charge is -1.97. The number of carbonyl (C=O) groups is 1. The van der Waals surface area contributed by atoms with Gasteiger partial charge in [-0.25, -0.2) is 4.79 Å². The summed E-state index contributed by atoms with van der Waals surface area (Å²) in [6.45, 7) is 0. The largest absolute Gasteiger partial charge is 0.472 e. The fraction of sp³-hybridized carbons (Fsp3) is 0.0833. The molecule has 0 heterocycles. The fourth-order valence-electron chi connectivity index (χ4n) is 1.52. The molecular weight excluding hydrogens is 176 g/mol. The molecule has 68 valence electrons. The van der Waals surface area contributed by atoms with Crippen LogP contribution < -0.4 is 0 Å². The van der Waals surface area contributed by atoms with Gasteiger partial charge in [0.15, 0.2) is 0 Å². The summed E-state index contributed by atoms with van der Waals surface area (Å²) in [4.78, 5) is 10.3. The molecule has 0 saturated heterocycles. The molecule has 2 rings (SSSR count). The first kappa shape index (κ1) is 8.58. The molecule has 0 aliphatic heterocycles. The highest BCUT2D eigenvalue weighted by molar-refractivity contribution is 5.93. The van der Waals surface area contributed by atoms with E-state index < -0.39 is 5.97 Å². The lowest BCUT2D eigenvalue weighted by Crippen LogP contribution is -1.87. The molecule has 0 amide bonds. The van der Waals surface area contributed by atoms with Gasteiger partial charge in [0.2, 0.25) is 0 Å². The average molecular weight is 184 g/mol. The monoisotopic (exact) mass is 184 g/mol. The molecular formula is C12H8O2. The number of rotatable bonds is 0. The second kappa shape index (κ2) is 3.39. The van der Waals surface area contributed by atoms with Crippen LogP contribution in [0.5, 0.6) is 0 Å². The summed E-state index contributed by atoms with van der Waals surface area (Å²) in [6, 6.07) is 7.90. The molecule has 0 atom stereocenters. The topological polar surface area (TPSA) is 37.3 Å². The van der Waals surface area contributed by atoms with E-state index in [-0.39, 0.29) is 0 Å². The Morgan fingerprint density at radius 3 is 2.93 bits per heavy atom. The van der Waals surface area contributed by atoms with Crippen molar-refractivity contribution in [1.82, 2.24) is 0 Å². The first-order valence-electron chi connectivity index (χ1n) is 4.31. The van der Waals surface area contributed by atoms with Crippen LogP contribution in [0.15, 0.2) is 30.3 Å². The quantitative estimate of drug-likeness (QED) is 0.623. The molecule has 2 heteroatoms. The van der Waals surface area contributed by atoms with Crippen molar-refractivity contribution in [3.63, 3.8) is 0 Å². The van der Waals surface area contributed by atoms with Gasteiger partial charge in [0.1, 0.15) is 0 Å². The summed E-state index contributed by atoms with van der Waals surface area (Å²) in [5, 5.41) is 8.42. The number of carboxylic acids is 1. The molecule has 0 fully saturated rings. The van der Waals surface area contributed by atoms with E-state index in [4.69, 9.17) is 5.11 Å². The van der Waals surface area contributed by atoms with Gasteiger partial charge in [-0.2, -0.15) is 0 Å². The summed E-state index contributed by atoms with van der Waals surface area (Å²) in [6.07, 6.45) is 2.81. The minimum Gasteiger partial charge on any atom is -0.472 e. The van der Waals surface area contributed by atoms with Crippen molar-refractivity contribution in [3.8, 4) is 11.8 Å². The third-order valence-electron chi connectivity index (χ3n) is 2.14. The predicted octanol–water partition coefficient (Wildman–Crippen LogP) is 1.71. The summed E-state index contributed by atoms with van der Waals surface area (Å²) >= 11 is 0. The highest BCUT2D eigenvalue weighted by atomic mass is 16.4. The smallest absolute Gasteiger partial charge is 0.382 e. The Bertz CT molecular complexity index is 473. The number of fused-ring (bicyclic) bond motifs is 1. The van der Waals surface area contributed by atoms with Crippen LogP contribution in [0.3, 0.4) is 0 Å². The first-order valence-corrected chi connectivity index (χ1v) is 4.31. The van der Waals surface area contributed by atoms with E-state index >= 15 is 0 Å². The Hall–Kier alpha value is -2.01. The number of benzene rings is 1. The van der Waals surface area contributed by atoms with E-state index in [2.05, 4.69) is 11.8 Å². The molecule has 2 nitrogen and oxygen atoms in total. The Balaban J connectivity index is 2.35. The van der Waals surface area contributed by atoms with Crippen LogP contribution in [0.4, 0.5) is 0 Å². The SMILES string of the molecule is O=C(O)C#CC1=CCc2ccccc21. The van der Waals surface area contributed by atoms with Gasteiger partial charge in [-0.1, -0.05) is 36.3 Å². The Kier molecular flexibility index (Phi) is 2.08. The van der Waals surface area contributed by atoms with Crippen LogP contribution in [0.1, 0.15) is 11.1 Å². The van der Waals surface area contributed by atoms with Gasteiger partial charge in [-0.3, -0.25) is 0 Å².